The Labute approximate surface area is 277 Å². The van der Waals surface area contributed by atoms with E-state index in [4.69, 9.17) is 0 Å². The summed E-state index contributed by atoms with van der Waals surface area (Å²) in [6.45, 7) is 0. The topological polar surface area (TPSA) is 57.4 Å². The van der Waals surface area contributed by atoms with Gasteiger partial charge in [-0.25, -0.2) is 0 Å². The third-order valence-electron chi connectivity index (χ3n) is 9.42. The molecule has 0 bridgehead atoms. The first-order chi connectivity index (χ1) is 23.7. The Kier molecular flexibility index (Phi) is 6.22. The number of hydrogen-bond donors (Lipinski definition) is 0. The molecule has 0 N–H and O–H groups in total. The third kappa shape index (κ3) is 4.07. The van der Waals surface area contributed by atoms with Crippen molar-refractivity contribution in [1.29, 1.82) is 10.5 Å². The van der Waals surface area contributed by atoms with Crippen LogP contribution in [0.1, 0.15) is 11.1 Å². The van der Waals surface area contributed by atoms with E-state index in [2.05, 4.69) is 143 Å². The number of aromatic nitrogens is 2. The van der Waals surface area contributed by atoms with E-state index in [1.165, 1.54) is 10.8 Å². The lowest BCUT2D eigenvalue weighted by atomic mass is 9.92. The van der Waals surface area contributed by atoms with Gasteiger partial charge in [0, 0.05) is 32.8 Å². The molecule has 0 radical (unpaired) electrons. The Hall–Kier alpha value is -6.88. The Morgan fingerprint density at radius 2 is 0.979 bits per heavy atom. The van der Waals surface area contributed by atoms with E-state index < -0.39 is 0 Å². The molecule has 0 saturated heterocycles. The molecule has 0 aliphatic rings. The number of benzene rings is 7. The molecule has 9 rings (SSSR count). The largest absolute Gasteiger partial charge is 0.309 e. The van der Waals surface area contributed by atoms with Gasteiger partial charge in [-0.3, -0.25) is 0 Å². The predicted molar refractivity (Wildman–Crippen MR) is 195 cm³/mol. The molecule has 9 aromatic rings. The lowest BCUT2D eigenvalue weighted by Gasteiger charge is -2.18. The van der Waals surface area contributed by atoms with Gasteiger partial charge in [0.05, 0.1) is 45.0 Å². The highest BCUT2D eigenvalue weighted by Gasteiger charge is 2.19. The predicted octanol–water partition coefficient (Wildman–Crippen LogP) is 11.0. The minimum absolute atomic E-state index is 0.610. The van der Waals surface area contributed by atoms with Crippen molar-refractivity contribution in [2.45, 2.75) is 0 Å². The molecular formula is C44H26N4. The highest BCUT2D eigenvalue weighted by Crippen LogP contribution is 2.41. The standard InChI is InChI=1S/C44H26N4/c45-27-29-20-25-43(48-41-18-7-3-13-35(41)36-14-4-8-19-42(36)48)39(26-29)34-12-2-1-11-33(34)30-21-23-32(24-22-30)47-40-17-6-5-15-37(40)38-16-9-10-31(28-46)44(38)47/h1-26H. The van der Waals surface area contributed by atoms with Crippen LogP contribution < -0.4 is 0 Å². The van der Waals surface area contributed by atoms with E-state index in [0.717, 1.165) is 66.5 Å². The zero-order chi connectivity index (χ0) is 32.2. The second-order valence-corrected chi connectivity index (χ2v) is 12.0. The van der Waals surface area contributed by atoms with Crippen molar-refractivity contribution >= 4 is 43.6 Å². The van der Waals surface area contributed by atoms with Gasteiger partial charge in [-0.2, -0.15) is 10.5 Å². The van der Waals surface area contributed by atoms with Crippen LogP contribution >= 0.6 is 0 Å². The van der Waals surface area contributed by atoms with Crippen LogP contribution in [-0.2, 0) is 0 Å². The van der Waals surface area contributed by atoms with Gasteiger partial charge in [-0.05, 0) is 71.3 Å². The van der Waals surface area contributed by atoms with Crippen LogP contribution in [0.3, 0.4) is 0 Å². The van der Waals surface area contributed by atoms with Crippen molar-refractivity contribution in [2.24, 2.45) is 0 Å². The quantitative estimate of drug-likeness (QED) is 0.199. The maximum absolute atomic E-state index is 10.0. The highest BCUT2D eigenvalue weighted by atomic mass is 15.0. The second kappa shape index (κ2) is 10.9. The molecular weight excluding hydrogens is 585 g/mol. The van der Waals surface area contributed by atoms with E-state index in [-0.39, 0.29) is 0 Å². The van der Waals surface area contributed by atoms with Crippen molar-refractivity contribution < 1.29 is 0 Å². The SMILES string of the molecule is N#Cc1ccc(-n2c3ccccc3c3ccccc32)c(-c2ccccc2-c2ccc(-n3c4ccccc4c4cccc(C#N)c43)cc2)c1. The van der Waals surface area contributed by atoms with Crippen LogP contribution in [0.2, 0.25) is 0 Å². The molecule has 2 aromatic heterocycles. The smallest absolute Gasteiger partial charge is 0.101 e. The summed E-state index contributed by atoms with van der Waals surface area (Å²) < 4.78 is 4.51. The normalized spacial score (nSPS) is 11.3. The van der Waals surface area contributed by atoms with Crippen molar-refractivity contribution in [3.8, 4) is 45.8 Å². The fourth-order valence-electron chi connectivity index (χ4n) is 7.34. The first kappa shape index (κ1) is 27.4. The Bertz CT molecular complexity index is 2750. The van der Waals surface area contributed by atoms with Crippen LogP contribution in [0, 0.1) is 22.7 Å². The Morgan fingerprint density at radius 1 is 0.417 bits per heavy atom. The van der Waals surface area contributed by atoms with Gasteiger partial charge in [0.1, 0.15) is 6.07 Å². The number of hydrogen-bond acceptors (Lipinski definition) is 2. The minimum Gasteiger partial charge on any atom is -0.309 e. The molecule has 0 atom stereocenters. The minimum atomic E-state index is 0.610. The molecule has 4 nitrogen and oxygen atoms in total. The summed E-state index contributed by atoms with van der Waals surface area (Å²) in [5.74, 6) is 0. The molecule has 0 aliphatic heterocycles. The third-order valence-corrected chi connectivity index (χ3v) is 9.42. The van der Waals surface area contributed by atoms with Crippen LogP contribution in [0.15, 0.2) is 158 Å². The Balaban J connectivity index is 1.24. The lowest BCUT2D eigenvalue weighted by Crippen LogP contribution is -1.99. The second-order valence-electron chi connectivity index (χ2n) is 12.0. The molecule has 2 heterocycles. The number of para-hydroxylation sites is 4. The molecule has 222 valence electrons. The first-order valence-electron chi connectivity index (χ1n) is 15.9. The van der Waals surface area contributed by atoms with Crippen molar-refractivity contribution in [3.63, 3.8) is 0 Å². The molecule has 0 fully saturated rings. The van der Waals surface area contributed by atoms with Crippen molar-refractivity contribution in [3.05, 3.63) is 169 Å². The van der Waals surface area contributed by atoms with Gasteiger partial charge in [-0.1, -0.05) is 103 Å². The summed E-state index contributed by atoms with van der Waals surface area (Å²) in [5.41, 5.74) is 11.6. The molecule has 0 spiro atoms. The maximum Gasteiger partial charge on any atom is 0.101 e. The summed E-state index contributed by atoms with van der Waals surface area (Å²) in [6.07, 6.45) is 0. The zero-order valence-electron chi connectivity index (χ0n) is 25.8. The van der Waals surface area contributed by atoms with Crippen molar-refractivity contribution in [1.82, 2.24) is 9.13 Å². The van der Waals surface area contributed by atoms with E-state index in [1.54, 1.807) is 0 Å². The number of nitrogens with zero attached hydrogens (tertiary/aromatic N) is 4. The molecule has 0 amide bonds. The first-order valence-corrected chi connectivity index (χ1v) is 15.9. The molecule has 0 saturated carbocycles. The Morgan fingerprint density at radius 3 is 1.62 bits per heavy atom. The summed E-state index contributed by atoms with van der Waals surface area (Å²) in [5, 5.41) is 24.6. The molecule has 4 heteroatoms. The summed E-state index contributed by atoms with van der Waals surface area (Å²) in [6, 6.07) is 58.9. The van der Waals surface area contributed by atoms with Crippen molar-refractivity contribution in [2.75, 3.05) is 0 Å². The molecule has 48 heavy (non-hydrogen) atoms. The highest BCUT2D eigenvalue weighted by molar-refractivity contribution is 6.11. The van der Waals surface area contributed by atoms with E-state index >= 15 is 0 Å². The van der Waals surface area contributed by atoms with Crippen LogP contribution in [0.4, 0.5) is 0 Å². The van der Waals surface area contributed by atoms with Gasteiger partial charge in [-0.15, -0.1) is 0 Å². The summed E-state index contributed by atoms with van der Waals surface area (Å²) in [7, 11) is 0. The molecule has 0 unspecified atom stereocenters. The average molecular weight is 611 g/mol. The zero-order valence-corrected chi connectivity index (χ0v) is 25.8. The fourth-order valence-corrected chi connectivity index (χ4v) is 7.34. The summed E-state index contributed by atoms with van der Waals surface area (Å²) >= 11 is 0. The van der Waals surface area contributed by atoms with E-state index in [0.29, 0.717) is 11.1 Å². The number of rotatable bonds is 4. The average Bonchev–Trinajstić information content (AvgIpc) is 3.68. The number of nitriles is 2. The summed E-state index contributed by atoms with van der Waals surface area (Å²) in [4.78, 5) is 0. The lowest BCUT2D eigenvalue weighted by molar-refractivity contribution is 1.17. The van der Waals surface area contributed by atoms with Gasteiger partial charge in [0.2, 0.25) is 0 Å². The van der Waals surface area contributed by atoms with E-state index in [9.17, 15) is 10.5 Å². The van der Waals surface area contributed by atoms with Crippen LogP contribution in [-0.4, -0.2) is 9.13 Å². The van der Waals surface area contributed by atoms with E-state index in [1.807, 2.05) is 36.4 Å². The van der Waals surface area contributed by atoms with Crippen LogP contribution in [0.25, 0.3) is 77.2 Å². The monoisotopic (exact) mass is 610 g/mol. The van der Waals surface area contributed by atoms with Gasteiger partial charge in [0.15, 0.2) is 0 Å². The number of fused-ring (bicyclic) bond motifs is 6. The molecule has 7 aromatic carbocycles. The van der Waals surface area contributed by atoms with Gasteiger partial charge in [0.25, 0.3) is 0 Å². The van der Waals surface area contributed by atoms with Crippen LogP contribution in [0.5, 0.6) is 0 Å². The van der Waals surface area contributed by atoms with Gasteiger partial charge < -0.3 is 9.13 Å². The maximum atomic E-state index is 10.0. The molecule has 0 aliphatic carbocycles. The fraction of sp³-hybridized carbons (Fsp3) is 0. The van der Waals surface area contributed by atoms with Gasteiger partial charge >= 0.3 is 0 Å².